The molecule has 0 atom stereocenters. The van der Waals surface area contributed by atoms with Gasteiger partial charge in [-0.1, -0.05) is 0 Å². The van der Waals surface area contributed by atoms with E-state index in [9.17, 15) is 8.42 Å². The highest BCUT2D eigenvalue weighted by Crippen LogP contribution is 2.20. The summed E-state index contributed by atoms with van der Waals surface area (Å²) in [4.78, 5) is 0.174. The van der Waals surface area contributed by atoms with Crippen LogP contribution in [0.3, 0.4) is 0 Å². The molecule has 0 aliphatic heterocycles. The summed E-state index contributed by atoms with van der Waals surface area (Å²) in [5.74, 6) is 0. The van der Waals surface area contributed by atoms with Crippen LogP contribution in [0.1, 0.15) is 11.4 Å². The molecule has 0 amide bonds. The van der Waals surface area contributed by atoms with E-state index in [1.54, 1.807) is 32.6 Å². The van der Waals surface area contributed by atoms with Gasteiger partial charge in [-0.2, -0.15) is 10.2 Å². The van der Waals surface area contributed by atoms with Crippen LogP contribution in [0, 0.1) is 13.8 Å². The highest BCUT2D eigenvalue weighted by Gasteiger charge is 2.21. The van der Waals surface area contributed by atoms with E-state index in [1.807, 2.05) is 0 Å². The number of rotatable bonds is 3. The lowest BCUT2D eigenvalue weighted by atomic mass is 10.4. The van der Waals surface area contributed by atoms with Crippen LogP contribution < -0.4 is 4.72 Å². The summed E-state index contributed by atoms with van der Waals surface area (Å²) >= 11 is 0. The summed E-state index contributed by atoms with van der Waals surface area (Å²) in [5.41, 5.74) is 1.69. The number of anilines is 1. The van der Waals surface area contributed by atoms with Gasteiger partial charge >= 0.3 is 0 Å². The normalized spacial score (nSPS) is 11.8. The Morgan fingerprint density at radius 3 is 2.39 bits per heavy atom. The minimum atomic E-state index is -3.62. The molecule has 8 heteroatoms. The van der Waals surface area contributed by atoms with Gasteiger partial charge < -0.3 is 0 Å². The third-order valence-electron chi connectivity index (χ3n) is 2.74. The second-order valence-corrected chi connectivity index (χ2v) is 5.78. The third kappa shape index (κ3) is 2.10. The van der Waals surface area contributed by atoms with Gasteiger partial charge in [-0.05, 0) is 13.8 Å². The van der Waals surface area contributed by atoms with Crippen molar-refractivity contribution in [3.8, 4) is 0 Å². The van der Waals surface area contributed by atoms with E-state index < -0.39 is 10.0 Å². The lowest BCUT2D eigenvalue weighted by Crippen LogP contribution is -2.14. The molecular formula is C10H15N5O2S. The van der Waals surface area contributed by atoms with E-state index in [0.29, 0.717) is 11.4 Å². The van der Waals surface area contributed by atoms with Crippen LogP contribution in [0.25, 0.3) is 0 Å². The quantitative estimate of drug-likeness (QED) is 0.883. The fraction of sp³-hybridized carbons (Fsp3) is 0.400. The maximum absolute atomic E-state index is 12.2. The maximum Gasteiger partial charge on any atom is 0.265 e. The van der Waals surface area contributed by atoms with E-state index in [-0.39, 0.29) is 4.90 Å². The lowest BCUT2D eigenvalue weighted by molar-refractivity contribution is 0.600. The molecule has 98 valence electrons. The molecule has 0 saturated carbocycles. The molecule has 7 nitrogen and oxygen atoms in total. The summed E-state index contributed by atoms with van der Waals surface area (Å²) in [6, 6.07) is 0. The highest BCUT2D eigenvalue weighted by molar-refractivity contribution is 7.92. The summed E-state index contributed by atoms with van der Waals surface area (Å²) in [5, 5.41) is 8.01. The topological polar surface area (TPSA) is 81.8 Å². The molecule has 0 fully saturated rings. The van der Waals surface area contributed by atoms with Crippen LogP contribution in [0.2, 0.25) is 0 Å². The van der Waals surface area contributed by atoms with Crippen LogP contribution in [0.4, 0.5) is 5.69 Å². The molecule has 0 spiro atoms. The van der Waals surface area contributed by atoms with Gasteiger partial charge in [0.25, 0.3) is 10.0 Å². The van der Waals surface area contributed by atoms with E-state index in [2.05, 4.69) is 14.9 Å². The predicted molar refractivity (Wildman–Crippen MR) is 66.7 cm³/mol. The van der Waals surface area contributed by atoms with Crippen molar-refractivity contribution in [3.05, 3.63) is 23.8 Å². The Balaban J connectivity index is 2.39. The van der Waals surface area contributed by atoms with Gasteiger partial charge in [0, 0.05) is 20.3 Å². The van der Waals surface area contributed by atoms with Gasteiger partial charge in [0.05, 0.1) is 23.3 Å². The zero-order valence-corrected chi connectivity index (χ0v) is 11.5. The molecule has 18 heavy (non-hydrogen) atoms. The average Bonchev–Trinajstić information content (AvgIpc) is 2.75. The summed E-state index contributed by atoms with van der Waals surface area (Å²) in [6.07, 6.45) is 2.96. The summed E-state index contributed by atoms with van der Waals surface area (Å²) in [7, 11) is -0.185. The molecule has 1 N–H and O–H groups in total. The molecule has 0 unspecified atom stereocenters. The summed E-state index contributed by atoms with van der Waals surface area (Å²) in [6.45, 7) is 3.45. The molecular weight excluding hydrogens is 254 g/mol. The molecule has 0 aliphatic carbocycles. The molecule has 0 aliphatic rings. The van der Waals surface area contributed by atoms with Gasteiger partial charge in [0.1, 0.15) is 4.90 Å². The first-order valence-corrected chi connectivity index (χ1v) is 6.81. The van der Waals surface area contributed by atoms with Crippen LogP contribution in [-0.4, -0.2) is 28.0 Å². The zero-order chi connectivity index (χ0) is 13.5. The zero-order valence-electron chi connectivity index (χ0n) is 10.7. The Hall–Kier alpha value is -1.83. The summed E-state index contributed by atoms with van der Waals surface area (Å²) < 4.78 is 30.0. The van der Waals surface area contributed by atoms with Crippen molar-refractivity contribution < 1.29 is 8.42 Å². The Bertz CT molecular complexity index is 683. The largest absolute Gasteiger partial charge is 0.276 e. The van der Waals surface area contributed by atoms with Crippen molar-refractivity contribution >= 4 is 15.7 Å². The smallest absolute Gasteiger partial charge is 0.265 e. The van der Waals surface area contributed by atoms with Gasteiger partial charge in [-0.15, -0.1) is 0 Å². The molecule has 0 aromatic carbocycles. The number of sulfonamides is 1. The standard InChI is InChI=1S/C10H15N5O2S/c1-7-10(6-14(3)12-7)18(16,17)13-9-5-11-15(4)8(9)2/h5-6,13H,1-4H3. The molecule has 0 saturated heterocycles. The van der Waals surface area contributed by atoms with Crippen molar-refractivity contribution in [3.63, 3.8) is 0 Å². The SMILES string of the molecule is Cc1nn(C)cc1S(=O)(=O)Nc1cnn(C)c1C. The van der Waals surface area contributed by atoms with Crippen molar-refractivity contribution in [2.24, 2.45) is 14.1 Å². The van der Waals surface area contributed by atoms with Crippen molar-refractivity contribution in [1.82, 2.24) is 19.6 Å². The Morgan fingerprint density at radius 1 is 1.28 bits per heavy atom. The molecule has 0 radical (unpaired) electrons. The van der Waals surface area contributed by atoms with Gasteiger partial charge in [-0.25, -0.2) is 8.42 Å². The predicted octanol–water partition coefficient (Wildman–Crippen LogP) is 0.571. The number of aryl methyl sites for hydroxylation is 3. The monoisotopic (exact) mass is 269 g/mol. The van der Waals surface area contributed by atoms with E-state index >= 15 is 0 Å². The highest BCUT2D eigenvalue weighted by atomic mass is 32.2. The minimum Gasteiger partial charge on any atom is -0.276 e. The maximum atomic E-state index is 12.2. The van der Waals surface area contributed by atoms with Crippen LogP contribution in [0.15, 0.2) is 17.3 Å². The second-order valence-electron chi connectivity index (χ2n) is 4.13. The molecule has 0 bridgehead atoms. The number of hydrogen-bond acceptors (Lipinski definition) is 4. The van der Waals surface area contributed by atoms with Gasteiger partial charge in [-0.3, -0.25) is 14.1 Å². The van der Waals surface area contributed by atoms with Crippen molar-refractivity contribution in [2.45, 2.75) is 18.7 Å². The first-order chi connectivity index (χ1) is 8.31. The van der Waals surface area contributed by atoms with Crippen LogP contribution >= 0.6 is 0 Å². The van der Waals surface area contributed by atoms with Gasteiger partial charge in [0.15, 0.2) is 0 Å². The minimum absolute atomic E-state index is 0.174. The van der Waals surface area contributed by atoms with Gasteiger partial charge in [0.2, 0.25) is 0 Å². The van der Waals surface area contributed by atoms with E-state index in [0.717, 1.165) is 5.69 Å². The van der Waals surface area contributed by atoms with Crippen LogP contribution in [0.5, 0.6) is 0 Å². The fourth-order valence-electron chi connectivity index (χ4n) is 1.64. The van der Waals surface area contributed by atoms with Crippen LogP contribution in [-0.2, 0) is 24.1 Å². The molecule has 2 rings (SSSR count). The van der Waals surface area contributed by atoms with E-state index in [1.165, 1.54) is 17.1 Å². The first kappa shape index (κ1) is 12.6. The lowest BCUT2D eigenvalue weighted by Gasteiger charge is -2.06. The average molecular weight is 269 g/mol. The number of hydrogen-bond donors (Lipinski definition) is 1. The van der Waals surface area contributed by atoms with Crippen molar-refractivity contribution in [1.29, 1.82) is 0 Å². The molecule has 2 heterocycles. The van der Waals surface area contributed by atoms with E-state index in [4.69, 9.17) is 0 Å². The number of nitrogens with zero attached hydrogens (tertiary/aromatic N) is 4. The first-order valence-electron chi connectivity index (χ1n) is 5.33. The fourth-order valence-corrected chi connectivity index (χ4v) is 2.96. The molecule has 2 aromatic heterocycles. The van der Waals surface area contributed by atoms with Crippen molar-refractivity contribution in [2.75, 3.05) is 4.72 Å². The number of aromatic nitrogens is 4. The Kier molecular flexibility index (Phi) is 2.89. The second kappa shape index (κ2) is 4.13. The Labute approximate surface area is 105 Å². The Morgan fingerprint density at radius 2 is 1.94 bits per heavy atom. The molecule has 2 aromatic rings. The number of nitrogens with one attached hydrogen (secondary N) is 1. The third-order valence-corrected chi connectivity index (χ3v) is 4.21.